The van der Waals surface area contributed by atoms with Crippen LogP contribution in [0.25, 0.3) is 0 Å². The first kappa shape index (κ1) is 2940. The van der Waals surface area contributed by atoms with Gasteiger partial charge in [-0.1, -0.05) is 0 Å². The maximum Gasteiger partial charge on any atom is 6.00 e. The van der Waals surface area contributed by atoms with Gasteiger partial charge >= 0.3 is 34.7 Å². The third-order valence-corrected chi connectivity index (χ3v) is 0.750. The zero-order valence-corrected chi connectivity index (χ0v) is 65.9. The number of rotatable bonds is 3. The molecule has 614 valence electrons. The van der Waals surface area contributed by atoms with Crippen LogP contribution >= 0.6 is 0 Å². The predicted octanol–water partition coefficient (Wildman–Crippen LogP) is -22.3. The molecular formula is C6H62Cr2Mo12N6O58-66. The van der Waals surface area contributed by atoms with Gasteiger partial charge in [0.1, 0.15) is 39.3 Å². The van der Waals surface area contributed by atoms with Gasteiger partial charge in [0.25, 0.3) is 0 Å². The molecule has 0 aromatic heterocycles. The Morgan fingerprint density at radius 2 is 0.119 bits per heavy atom. The van der Waals surface area contributed by atoms with Crippen molar-refractivity contribution in [2.75, 3.05) is 39.3 Å². The van der Waals surface area contributed by atoms with E-state index in [1.807, 2.05) is 0 Å². The van der Waals surface area contributed by atoms with E-state index in [0.717, 1.165) is 39.3 Å². The summed E-state index contributed by atoms with van der Waals surface area (Å²) >= 11 is 0. The summed E-state index contributed by atoms with van der Waals surface area (Å²) in [7, 11) is 0. The van der Waals surface area contributed by atoms with Crippen molar-refractivity contribution in [1.29, 1.82) is 0 Å². The molecule has 0 unspecified atom stereocenters. The Labute approximate surface area is 671 Å². The molecule has 0 aliphatic rings. The van der Waals surface area contributed by atoms with Crippen LogP contribution in [0.5, 0.6) is 0 Å². The summed E-state index contributed by atoms with van der Waals surface area (Å²) in [4.78, 5) is 0. The largest absolute Gasteiger partial charge is 6.00 e. The van der Waals surface area contributed by atoms with E-state index in [9.17, 15) is 0 Å². The predicted molar refractivity (Wildman–Crippen MR) is 131 cm³/mol. The van der Waals surface area contributed by atoms with Gasteiger partial charge < -0.3 is 352 Å². The molecule has 50 N–H and O–H groups in total. The molecule has 0 rings (SSSR count). The van der Waals surface area contributed by atoms with Crippen molar-refractivity contribution in [2.24, 2.45) is 0 Å². The molecule has 0 amide bonds. The van der Waals surface area contributed by atoms with E-state index in [4.69, 9.17) is 0 Å². The van der Waals surface area contributed by atoms with E-state index in [-0.39, 0.29) is 605 Å². The SMILES string of the molecule is O.O.O.O.O.O.O.O.O.O.[Cr+6].[Cr+6].[Mo].[Mo].[Mo].[Mo].[Mo].[Mo].[Mo].[Mo].[Mo].[Mo].[Mo].[Mo].[NH3+]CC[NH3+].[NH3+]CC[NH3+].[NH3+]CC[NH3+].[O-2].[O-2].[O-2].[O-2].[O-2].[O-2].[O-2].[O-2].[O-2].[O-2].[O-2].[O-2].[O-2].[O-2].[O-2].[O-2].[O-2].[O-2].[O-2].[O-2].[O-2].[O-2].[O-2].[O-2].[O-2].[O-2].[O-2].[O-2].[O-2].[O-2].[O-2].[O-2].[O-2].[O-2].[O-2].[O-2].[OH-].[OH-].[OH-].[OH-].[OH-].[OH-].[OH-].[OH-].[OH-].[OH-].[OH-].[OH-]. The Hall–Kier alpha value is 6.76. The Bertz CT molecular complexity index is 137. The zero-order valence-electron chi connectivity index (χ0n) is 39.3. The minimum Gasteiger partial charge on any atom is -2.00 e. The van der Waals surface area contributed by atoms with Crippen LogP contribution in [0, 0.1) is 0 Å². The minimum absolute atomic E-state index is 0. The van der Waals surface area contributed by atoms with Crippen molar-refractivity contribution in [3.63, 3.8) is 0 Å². The Balaban J connectivity index is -0.000000000139. The smallest absolute Gasteiger partial charge is 2.00 e. The maximum atomic E-state index is 3.54. The third-order valence-electron chi connectivity index (χ3n) is 0.750. The fraction of sp³-hybridized carbons (Fsp3) is 1.00. The Morgan fingerprint density at radius 3 is 0.119 bits per heavy atom. The molecule has 64 nitrogen and oxygen atoms in total. The molecule has 0 saturated carbocycles. The molecule has 84 heavy (non-hydrogen) atoms. The van der Waals surface area contributed by atoms with E-state index in [2.05, 4.69) is 34.4 Å². The van der Waals surface area contributed by atoms with Crippen molar-refractivity contribution in [2.45, 2.75) is 0 Å². The Morgan fingerprint density at radius 1 is 0.107 bits per heavy atom. The first-order valence-corrected chi connectivity index (χ1v) is 4.50. The summed E-state index contributed by atoms with van der Waals surface area (Å²) in [6.45, 7) is 5.75. The molecule has 0 spiro atoms. The summed E-state index contributed by atoms with van der Waals surface area (Å²) in [5.74, 6) is 0. The molecule has 0 bridgehead atoms. The molecule has 0 heterocycles. The average molecular weight is 2400 g/mol. The molecule has 0 aromatic carbocycles. The van der Waals surface area contributed by atoms with Crippen molar-refractivity contribution in [1.82, 2.24) is 0 Å². The number of hydrogen-bond donors (Lipinski definition) is 6. The Kier molecular flexibility index (Phi) is 152000. The van der Waals surface area contributed by atoms with Crippen molar-refractivity contribution >= 4 is 0 Å². The van der Waals surface area contributed by atoms with E-state index in [1.54, 1.807) is 0 Å². The van der Waals surface area contributed by atoms with Gasteiger partial charge in [0.2, 0.25) is 0 Å². The monoisotopic (exact) mass is 2420 g/mol. The van der Waals surface area contributed by atoms with Gasteiger partial charge in [-0.3, -0.25) is 0 Å². The summed E-state index contributed by atoms with van der Waals surface area (Å²) in [5, 5.41) is 0. The molecule has 0 aliphatic carbocycles. The number of quaternary nitrogens is 6. The van der Waals surface area contributed by atoms with E-state index in [0.29, 0.717) is 0 Å². The van der Waals surface area contributed by atoms with Gasteiger partial charge in [-0.2, -0.15) is 0 Å². The zero-order chi connectivity index (χ0) is 10.2. The van der Waals surface area contributed by atoms with Gasteiger partial charge in [0.15, 0.2) is 0 Å². The van der Waals surface area contributed by atoms with Gasteiger partial charge in [0, 0.05) is 253 Å². The van der Waals surface area contributed by atoms with Gasteiger partial charge in [-0.05, 0) is 0 Å². The van der Waals surface area contributed by atoms with Crippen LogP contribution in [-0.4, -0.2) is 160 Å². The molecule has 0 atom stereocenters. The third kappa shape index (κ3) is 7170. The first-order valence-electron chi connectivity index (χ1n) is 4.50. The fourth-order valence-electron chi connectivity index (χ4n) is 0. The quantitative estimate of drug-likeness (QED) is 0.144. The van der Waals surface area contributed by atoms with E-state index in [1.165, 1.54) is 0 Å². The summed E-state index contributed by atoms with van der Waals surface area (Å²) < 4.78 is 0. The van der Waals surface area contributed by atoms with Crippen molar-refractivity contribution < 1.29 is 640 Å². The van der Waals surface area contributed by atoms with Gasteiger partial charge in [0.05, 0.1) is 0 Å². The second kappa shape index (κ2) is 4340. The van der Waals surface area contributed by atoms with Gasteiger partial charge in [-0.25, -0.2) is 0 Å². The molecule has 78 heteroatoms. The minimum atomic E-state index is 0. The van der Waals surface area contributed by atoms with Crippen LogP contribution in [0.15, 0.2) is 0 Å². The molecule has 0 aliphatic heterocycles. The summed E-state index contributed by atoms with van der Waals surface area (Å²) in [6.07, 6.45) is 0. The molecular weight excluding hydrogens is 2340 g/mol. The topological polar surface area (TPSA) is 1870 Å². The standard InChI is InChI=1S/3C2H8N2.2Cr.12Mo.22H2O.36O/c3*3-1-2-4;;;;;;;;;;;;;;;;;;;;;;;;;;;;;;;;;;;;;;;;;;;;;;;;;;;;;;;;;;;;;;;;;;;;;;;;/h3*1-4H2;;;;;;;;;;;;;;;22*1H2;;;;;;;;;;;;;;;;;;;;;;;;;;;;;;;;;;;;/q;;;2*+6;;;;;;;;;;;;;;;;;;;;;;;;;;;;;;;;;;;36*-2/p-6. The van der Waals surface area contributed by atoms with Crippen LogP contribution in [-0.2, 0) is 485 Å². The van der Waals surface area contributed by atoms with E-state index >= 15 is 0 Å². The van der Waals surface area contributed by atoms with Crippen LogP contribution < -0.4 is 34.4 Å². The second-order valence-electron chi connectivity index (χ2n) is 2.12. The van der Waals surface area contributed by atoms with Crippen molar-refractivity contribution in [3.05, 3.63) is 0 Å². The van der Waals surface area contributed by atoms with Crippen LogP contribution in [0.4, 0.5) is 0 Å². The fourth-order valence-corrected chi connectivity index (χ4v) is 0. The normalized spacial score (nSPS) is 1.07. The maximum absolute atomic E-state index is 3.54. The molecule has 0 fully saturated rings. The summed E-state index contributed by atoms with van der Waals surface area (Å²) in [6, 6.07) is 0. The number of hydrogen-bond acceptors (Lipinski definition) is 12. The van der Waals surface area contributed by atoms with Crippen LogP contribution in [0.1, 0.15) is 0 Å². The van der Waals surface area contributed by atoms with Crippen LogP contribution in [0.3, 0.4) is 0 Å². The second-order valence-corrected chi connectivity index (χ2v) is 2.12. The molecule has 0 radical (unpaired) electrons. The average Bonchev–Trinajstić information content (AvgIpc) is 2.18. The van der Waals surface area contributed by atoms with Crippen LogP contribution in [0.2, 0.25) is 0 Å². The van der Waals surface area contributed by atoms with Gasteiger partial charge in [-0.15, -0.1) is 0 Å². The summed E-state index contributed by atoms with van der Waals surface area (Å²) in [5.41, 5.74) is 21.2. The van der Waals surface area contributed by atoms with E-state index < -0.39 is 0 Å². The molecule has 0 aromatic rings. The van der Waals surface area contributed by atoms with Crippen molar-refractivity contribution in [3.8, 4) is 0 Å². The molecule has 0 saturated heterocycles. The first-order chi connectivity index (χ1) is 5.74.